The fraction of sp³-hybridized carbons (Fsp3) is 0.588. The third-order valence-corrected chi connectivity index (χ3v) is 4.07. The average Bonchev–Trinajstić information content (AvgIpc) is 2.55. The van der Waals surface area contributed by atoms with Crippen LogP contribution >= 0.6 is 0 Å². The lowest BCUT2D eigenvalue weighted by Crippen LogP contribution is -2.36. The zero-order valence-electron chi connectivity index (χ0n) is 13.3. The van der Waals surface area contributed by atoms with Gasteiger partial charge in [-0.15, -0.1) is 0 Å². The van der Waals surface area contributed by atoms with Gasteiger partial charge < -0.3 is 20.1 Å². The van der Waals surface area contributed by atoms with E-state index >= 15 is 0 Å². The van der Waals surface area contributed by atoms with Gasteiger partial charge in [0.15, 0.2) is 0 Å². The number of likely N-dealkylation sites (tertiary alicyclic amines) is 1. The lowest BCUT2D eigenvalue weighted by molar-refractivity contribution is -0.116. The molecule has 122 valence electrons. The minimum absolute atomic E-state index is 0.0356. The molecule has 5 nitrogen and oxygen atoms in total. The first-order valence-electron chi connectivity index (χ1n) is 8.07. The Morgan fingerprint density at radius 3 is 2.59 bits per heavy atom. The third-order valence-electron chi connectivity index (χ3n) is 4.07. The zero-order valence-corrected chi connectivity index (χ0v) is 13.3. The first kappa shape index (κ1) is 16.8. The Morgan fingerprint density at radius 2 is 2.00 bits per heavy atom. The molecule has 1 aliphatic rings. The van der Waals surface area contributed by atoms with Crippen molar-refractivity contribution < 1.29 is 14.6 Å². The highest BCUT2D eigenvalue weighted by atomic mass is 16.5. The molecule has 0 bridgehead atoms. The predicted molar refractivity (Wildman–Crippen MR) is 87.1 cm³/mol. The molecule has 1 fully saturated rings. The standard InChI is InChI=1S/C17H26N2O3/c1-2-22-16-5-3-15(4-6-16)18-17(21)9-12-19-10-7-14(13-20)8-11-19/h3-6,14,20H,2,7-13H2,1H3,(H,18,21). The number of piperidine rings is 1. The molecule has 1 aliphatic heterocycles. The van der Waals surface area contributed by atoms with Gasteiger partial charge in [-0.05, 0) is 63.0 Å². The van der Waals surface area contributed by atoms with E-state index in [1.807, 2.05) is 31.2 Å². The van der Waals surface area contributed by atoms with E-state index in [1.54, 1.807) is 0 Å². The van der Waals surface area contributed by atoms with Crippen molar-refractivity contribution >= 4 is 11.6 Å². The maximum atomic E-state index is 12.0. The molecule has 0 aromatic heterocycles. The van der Waals surface area contributed by atoms with Gasteiger partial charge in [-0.2, -0.15) is 0 Å². The topological polar surface area (TPSA) is 61.8 Å². The highest BCUT2D eigenvalue weighted by molar-refractivity contribution is 5.90. The summed E-state index contributed by atoms with van der Waals surface area (Å²) in [5.41, 5.74) is 0.799. The monoisotopic (exact) mass is 306 g/mol. The lowest BCUT2D eigenvalue weighted by atomic mass is 9.98. The second-order valence-electron chi connectivity index (χ2n) is 5.72. The highest BCUT2D eigenvalue weighted by Gasteiger charge is 2.18. The average molecular weight is 306 g/mol. The number of benzene rings is 1. The van der Waals surface area contributed by atoms with Crippen LogP contribution in [0.4, 0.5) is 5.69 Å². The summed E-state index contributed by atoms with van der Waals surface area (Å²) in [4.78, 5) is 14.3. The molecular formula is C17H26N2O3. The predicted octanol–water partition coefficient (Wildman–Crippen LogP) is 2.12. The largest absolute Gasteiger partial charge is 0.494 e. The van der Waals surface area contributed by atoms with Crippen LogP contribution in [0, 0.1) is 5.92 Å². The van der Waals surface area contributed by atoms with Gasteiger partial charge in [-0.1, -0.05) is 0 Å². The summed E-state index contributed by atoms with van der Waals surface area (Å²) in [7, 11) is 0. The number of anilines is 1. The van der Waals surface area contributed by atoms with Gasteiger partial charge in [-0.3, -0.25) is 4.79 Å². The maximum Gasteiger partial charge on any atom is 0.225 e. The SMILES string of the molecule is CCOc1ccc(NC(=O)CCN2CCC(CO)CC2)cc1. The Labute approximate surface area is 132 Å². The number of rotatable bonds is 7. The van der Waals surface area contributed by atoms with Crippen molar-refractivity contribution in [3.05, 3.63) is 24.3 Å². The molecule has 0 radical (unpaired) electrons. The van der Waals surface area contributed by atoms with E-state index in [2.05, 4.69) is 10.2 Å². The molecular weight excluding hydrogens is 280 g/mol. The van der Waals surface area contributed by atoms with Gasteiger partial charge in [0.2, 0.25) is 5.91 Å². The van der Waals surface area contributed by atoms with Crippen LogP contribution in [0.2, 0.25) is 0 Å². The van der Waals surface area contributed by atoms with E-state index in [-0.39, 0.29) is 12.5 Å². The summed E-state index contributed by atoms with van der Waals surface area (Å²) in [6.45, 7) is 5.59. The normalized spacial score (nSPS) is 16.5. The number of nitrogens with zero attached hydrogens (tertiary/aromatic N) is 1. The Balaban J connectivity index is 1.69. The number of nitrogens with one attached hydrogen (secondary N) is 1. The number of hydrogen-bond donors (Lipinski definition) is 2. The minimum Gasteiger partial charge on any atom is -0.494 e. The Bertz CT molecular complexity index is 453. The van der Waals surface area contributed by atoms with E-state index < -0.39 is 0 Å². The molecule has 1 aromatic rings. The number of hydrogen-bond acceptors (Lipinski definition) is 4. The fourth-order valence-corrected chi connectivity index (χ4v) is 2.68. The summed E-state index contributed by atoms with van der Waals surface area (Å²) in [5.74, 6) is 1.29. The molecule has 2 N–H and O–H groups in total. The van der Waals surface area contributed by atoms with E-state index in [1.165, 1.54) is 0 Å². The Morgan fingerprint density at radius 1 is 1.32 bits per heavy atom. The van der Waals surface area contributed by atoms with Gasteiger partial charge in [0, 0.05) is 25.3 Å². The van der Waals surface area contributed by atoms with Crippen LogP contribution in [0.3, 0.4) is 0 Å². The van der Waals surface area contributed by atoms with E-state index in [0.29, 0.717) is 18.9 Å². The first-order chi connectivity index (χ1) is 10.7. The van der Waals surface area contributed by atoms with Gasteiger partial charge in [0.25, 0.3) is 0 Å². The maximum absolute atomic E-state index is 12.0. The Hall–Kier alpha value is -1.59. The van der Waals surface area contributed by atoms with Crippen LogP contribution in [0.25, 0.3) is 0 Å². The molecule has 0 atom stereocenters. The number of amides is 1. The molecule has 1 heterocycles. The third kappa shape index (κ3) is 5.31. The van der Waals surface area contributed by atoms with Crippen LogP contribution in [0.15, 0.2) is 24.3 Å². The van der Waals surface area contributed by atoms with E-state index in [4.69, 9.17) is 9.84 Å². The first-order valence-corrected chi connectivity index (χ1v) is 8.07. The van der Waals surface area contributed by atoms with Gasteiger partial charge in [0.1, 0.15) is 5.75 Å². The van der Waals surface area contributed by atoms with Gasteiger partial charge in [-0.25, -0.2) is 0 Å². The van der Waals surface area contributed by atoms with Gasteiger partial charge >= 0.3 is 0 Å². The van der Waals surface area contributed by atoms with E-state index in [9.17, 15) is 4.79 Å². The summed E-state index contributed by atoms with van der Waals surface area (Å²) >= 11 is 0. The van der Waals surface area contributed by atoms with Crippen molar-refractivity contribution in [2.75, 3.05) is 38.2 Å². The van der Waals surface area contributed by atoms with Gasteiger partial charge in [0.05, 0.1) is 6.61 Å². The summed E-state index contributed by atoms with van der Waals surface area (Å²) in [5, 5.41) is 12.0. The smallest absolute Gasteiger partial charge is 0.225 e. The van der Waals surface area contributed by atoms with Crippen LogP contribution in [0.1, 0.15) is 26.2 Å². The highest BCUT2D eigenvalue weighted by Crippen LogP contribution is 2.17. The number of aliphatic hydroxyl groups is 1. The molecule has 22 heavy (non-hydrogen) atoms. The second kappa shape index (κ2) is 8.76. The molecule has 0 spiro atoms. The van der Waals surface area contributed by atoms with Crippen LogP contribution in [-0.2, 0) is 4.79 Å². The fourth-order valence-electron chi connectivity index (χ4n) is 2.68. The van der Waals surface area contributed by atoms with Crippen molar-refractivity contribution in [3.63, 3.8) is 0 Å². The van der Waals surface area contributed by atoms with Crippen LogP contribution in [-0.4, -0.2) is 48.8 Å². The zero-order chi connectivity index (χ0) is 15.8. The number of carbonyl (C=O) groups excluding carboxylic acids is 1. The molecule has 1 aromatic carbocycles. The summed E-state index contributed by atoms with van der Waals surface area (Å²) < 4.78 is 5.37. The van der Waals surface area contributed by atoms with Crippen molar-refractivity contribution in [1.82, 2.24) is 4.90 Å². The lowest BCUT2D eigenvalue weighted by Gasteiger charge is -2.30. The van der Waals surface area contributed by atoms with Crippen molar-refractivity contribution in [1.29, 1.82) is 0 Å². The summed E-state index contributed by atoms with van der Waals surface area (Å²) in [6, 6.07) is 7.43. The molecule has 1 saturated heterocycles. The molecule has 0 saturated carbocycles. The summed E-state index contributed by atoms with van der Waals surface area (Å²) in [6.07, 6.45) is 2.55. The molecule has 5 heteroatoms. The molecule has 0 aliphatic carbocycles. The van der Waals surface area contributed by atoms with E-state index in [0.717, 1.165) is 43.9 Å². The molecule has 0 unspecified atom stereocenters. The van der Waals surface area contributed by atoms with Crippen LogP contribution < -0.4 is 10.1 Å². The molecule has 1 amide bonds. The quantitative estimate of drug-likeness (QED) is 0.810. The molecule has 2 rings (SSSR count). The Kier molecular flexibility index (Phi) is 6.68. The van der Waals surface area contributed by atoms with Crippen LogP contribution in [0.5, 0.6) is 5.75 Å². The van der Waals surface area contributed by atoms with Crippen molar-refractivity contribution in [3.8, 4) is 5.75 Å². The number of carbonyl (C=O) groups is 1. The minimum atomic E-state index is 0.0356. The number of ether oxygens (including phenoxy) is 1. The second-order valence-corrected chi connectivity index (χ2v) is 5.72. The number of aliphatic hydroxyl groups excluding tert-OH is 1. The van der Waals surface area contributed by atoms with Crippen molar-refractivity contribution in [2.45, 2.75) is 26.2 Å². The van der Waals surface area contributed by atoms with Crippen molar-refractivity contribution in [2.24, 2.45) is 5.92 Å².